The highest BCUT2D eigenvalue weighted by atomic mass is 32.2. The van der Waals surface area contributed by atoms with E-state index in [1.807, 2.05) is 6.92 Å². The van der Waals surface area contributed by atoms with E-state index in [4.69, 9.17) is 9.84 Å². The van der Waals surface area contributed by atoms with E-state index in [2.05, 4.69) is 4.98 Å². The first-order chi connectivity index (χ1) is 9.02. The van der Waals surface area contributed by atoms with E-state index >= 15 is 0 Å². The molecule has 0 saturated heterocycles. The number of carboxylic acid groups (broad SMARTS) is 1. The predicted molar refractivity (Wildman–Crippen MR) is 74.8 cm³/mol. The van der Waals surface area contributed by atoms with Crippen molar-refractivity contribution in [3.05, 3.63) is 10.6 Å². The number of aryl methyl sites for hydroxylation is 1. The van der Waals surface area contributed by atoms with Crippen LogP contribution < -0.4 is 0 Å². The number of rotatable bonds is 8. The number of aliphatic carboxylic acids is 1. The van der Waals surface area contributed by atoms with Gasteiger partial charge in [-0.25, -0.2) is 4.98 Å². The molecule has 0 saturated carbocycles. The van der Waals surface area contributed by atoms with E-state index in [1.165, 1.54) is 23.1 Å². The van der Waals surface area contributed by atoms with E-state index in [-0.39, 0.29) is 18.1 Å². The molecule has 0 aliphatic rings. The van der Waals surface area contributed by atoms with Crippen LogP contribution in [-0.4, -0.2) is 34.4 Å². The number of thioether (sulfide) groups is 1. The second kappa shape index (κ2) is 8.16. The van der Waals surface area contributed by atoms with Gasteiger partial charge in [-0.1, -0.05) is 25.1 Å². The van der Waals surface area contributed by atoms with Gasteiger partial charge in [-0.2, -0.15) is 0 Å². The first-order valence-corrected chi connectivity index (χ1v) is 7.79. The quantitative estimate of drug-likeness (QED) is 0.452. The van der Waals surface area contributed by atoms with Gasteiger partial charge in [0.1, 0.15) is 0 Å². The molecular formula is C12H17NO4S2. The summed E-state index contributed by atoms with van der Waals surface area (Å²) in [7, 11) is 0. The molecule has 5 nitrogen and oxygen atoms in total. The van der Waals surface area contributed by atoms with Crippen molar-refractivity contribution in [1.29, 1.82) is 0 Å². The Labute approximate surface area is 120 Å². The Morgan fingerprint density at radius 2 is 2.21 bits per heavy atom. The summed E-state index contributed by atoms with van der Waals surface area (Å²) in [5, 5.41) is 8.74. The summed E-state index contributed by atoms with van der Waals surface area (Å²) in [5.41, 5.74) is 0.717. The third kappa shape index (κ3) is 6.07. The van der Waals surface area contributed by atoms with Gasteiger partial charge in [0, 0.05) is 4.88 Å². The molecule has 0 atom stereocenters. The number of carboxylic acids is 1. The van der Waals surface area contributed by atoms with Crippen molar-refractivity contribution in [2.24, 2.45) is 0 Å². The van der Waals surface area contributed by atoms with Gasteiger partial charge in [-0.15, -0.1) is 11.3 Å². The van der Waals surface area contributed by atoms with E-state index in [1.54, 1.807) is 6.92 Å². The Bertz CT molecular complexity index is 445. The molecule has 1 aromatic heterocycles. The van der Waals surface area contributed by atoms with Crippen molar-refractivity contribution in [2.45, 2.75) is 37.4 Å². The third-order valence-electron chi connectivity index (χ3n) is 2.26. The summed E-state index contributed by atoms with van der Waals surface area (Å²) in [6.45, 7) is 4.26. The third-order valence-corrected chi connectivity index (χ3v) is 4.53. The van der Waals surface area contributed by atoms with Crippen LogP contribution in [0.5, 0.6) is 0 Å². The fourth-order valence-electron chi connectivity index (χ4n) is 1.26. The number of thiazole rings is 1. The van der Waals surface area contributed by atoms with Crippen molar-refractivity contribution in [1.82, 2.24) is 4.98 Å². The van der Waals surface area contributed by atoms with Gasteiger partial charge >= 0.3 is 11.9 Å². The normalized spacial score (nSPS) is 10.4. The Morgan fingerprint density at radius 3 is 2.84 bits per heavy atom. The Morgan fingerprint density at radius 1 is 1.47 bits per heavy atom. The van der Waals surface area contributed by atoms with Crippen molar-refractivity contribution in [3.8, 4) is 0 Å². The van der Waals surface area contributed by atoms with Gasteiger partial charge in [0.15, 0.2) is 4.34 Å². The number of esters is 1. The Hall–Kier alpha value is -1.08. The maximum atomic E-state index is 11.4. The molecule has 0 radical (unpaired) electrons. The van der Waals surface area contributed by atoms with E-state index < -0.39 is 5.97 Å². The number of carbonyl (C=O) groups excluding carboxylic acids is 1. The average molecular weight is 303 g/mol. The maximum absolute atomic E-state index is 11.4. The molecule has 0 amide bonds. The van der Waals surface area contributed by atoms with Gasteiger partial charge < -0.3 is 9.84 Å². The second-order valence-corrected chi connectivity index (χ2v) is 6.23. The number of carbonyl (C=O) groups is 2. The highest BCUT2D eigenvalue weighted by Crippen LogP contribution is 2.27. The highest BCUT2D eigenvalue weighted by Gasteiger charge is 2.13. The minimum absolute atomic E-state index is 0.0228. The summed E-state index contributed by atoms with van der Waals surface area (Å²) >= 11 is 2.61. The van der Waals surface area contributed by atoms with E-state index in [0.717, 1.165) is 17.7 Å². The number of nitrogens with zero attached hydrogens (tertiary/aromatic N) is 1. The summed E-state index contributed by atoms with van der Waals surface area (Å²) < 4.78 is 5.74. The van der Waals surface area contributed by atoms with Crippen molar-refractivity contribution in [2.75, 3.05) is 12.4 Å². The van der Waals surface area contributed by atoms with Gasteiger partial charge in [0.25, 0.3) is 0 Å². The number of unbranched alkanes of at least 4 members (excludes halogenated alkanes) is 1. The van der Waals surface area contributed by atoms with Crippen LogP contribution in [0.1, 0.15) is 30.3 Å². The Balaban J connectivity index is 2.41. The van der Waals surface area contributed by atoms with Gasteiger partial charge in [0.2, 0.25) is 0 Å². The van der Waals surface area contributed by atoms with Crippen LogP contribution in [0.3, 0.4) is 0 Å². The molecule has 0 spiro atoms. The number of hydrogen-bond acceptors (Lipinski definition) is 6. The molecule has 19 heavy (non-hydrogen) atoms. The standard InChI is InChI=1S/C12H17NO4S2/c1-3-4-5-17-11(16)7-18-12-13-8(2)9(19-12)6-10(14)15/h3-7H2,1-2H3,(H,14,15). The fraction of sp³-hybridized carbons (Fsp3) is 0.583. The molecule has 106 valence electrons. The molecule has 1 aromatic rings. The Kier molecular flexibility index (Phi) is 6.86. The molecule has 1 N–H and O–H groups in total. The van der Waals surface area contributed by atoms with Gasteiger partial charge in [-0.3, -0.25) is 9.59 Å². The van der Waals surface area contributed by atoms with E-state index in [0.29, 0.717) is 16.6 Å². The average Bonchev–Trinajstić information content (AvgIpc) is 2.67. The van der Waals surface area contributed by atoms with Crippen molar-refractivity contribution >= 4 is 35.0 Å². The molecule has 0 aliphatic heterocycles. The lowest BCUT2D eigenvalue weighted by Crippen LogP contribution is -2.08. The molecule has 1 heterocycles. The lowest BCUT2D eigenvalue weighted by Gasteiger charge is -2.01. The predicted octanol–water partition coefficient (Wildman–Crippen LogP) is 2.51. The second-order valence-electron chi connectivity index (χ2n) is 3.92. The number of ether oxygens (including phenoxy) is 1. The van der Waals surface area contributed by atoms with Gasteiger partial charge in [0.05, 0.1) is 24.5 Å². The lowest BCUT2D eigenvalue weighted by molar-refractivity contribution is -0.140. The van der Waals surface area contributed by atoms with Crippen LogP contribution in [0.2, 0.25) is 0 Å². The first-order valence-electron chi connectivity index (χ1n) is 5.99. The smallest absolute Gasteiger partial charge is 0.316 e. The molecule has 0 unspecified atom stereocenters. The lowest BCUT2D eigenvalue weighted by atomic mass is 10.3. The zero-order valence-corrected chi connectivity index (χ0v) is 12.6. The minimum Gasteiger partial charge on any atom is -0.481 e. The summed E-state index contributed by atoms with van der Waals surface area (Å²) in [6.07, 6.45) is 1.84. The zero-order chi connectivity index (χ0) is 14.3. The topological polar surface area (TPSA) is 76.5 Å². The maximum Gasteiger partial charge on any atom is 0.316 e. The first kappa shape index (κ1) is 16.0. The van der Waals surface area contributed by atoms with Crippen LogP contribution in [0.15, 0.2) is 4.34 Å². The molecule has 0 aromatic carbocycles. The SMILES string of the molecule is CCCCOC(=O)CSc1nc(C)c(CC(=O)O)s1. The summed E-state index contributed by atoms with van der Waals surface area (Å²) in [4.78, 5) is 27.0. The minimum atomic E-state index is -0.873. The van der Waals surface area contributed by atoms with E-state index in [9.17, 15) is 9.59 Å². The number of hydrogen-bond donors (Lipinski definition) is 1. The molecular weight excluding hydrogens is 286 g/mol. The van der Waals surface area contributed by atoms with Crippen molar-refractivity contribution < 1.29 is 19.4 Å². The monoisotopic (exact) mass is 303 g/mol. The molecule has 0 bridgehead atoms. The summed E-state index contributed by atoms with van der Waals surface area (Å²) in [6, 6.07) is 0. The van der Waals surface area contributed by atoms with Crippen LogP contribution >= 0.6 is 23.1 Å². The van der Waals surface area contributed by atoms with Gasteiger partial charge in [-0.05, 0) is 13.3 Å². The molecule has 7 heteroatoms. The highest BCUT2D eigenvalue weighted by molar-refractivity contribution is 8.01. The zero-order valence-electron chi connectivity index (χ0n) is 11.0. The van der Waals surface area contributed by atoms with Crippen molar-refractivity contribution in [3.63, 3.8) is 0 Å². The number of aromatic nitrogens is 1. The fourth-order valence-corrected chi connectivity index (χ4v) is 3.28. The molecule has 0 fully saturated rings. The van der Waals surface area contributed by atoms with Crippen LogP contribution in [0.25, 0.3) is 0 Å². The van der Waals surface area contributed by atoms with Crippen LogP contribution in [0, 0.1) is 6.92 Å². The molecule has 1 rings (SSSR count). The summed E-state index contributed by atoms with van der Waals surface area (Å²) in [5.74, 6) is -0.920. The molecule has 0 aliphatic carbocycles. The largest absolute Gasteiger partial charge is 0.481 e. The van der Waals surface area contributed by atoms with Crippen LogP contribution in [-0.2, 0) is 20.7 Å². The van der Waals surface area contributed by atoms with Crippen LogP contribution in [0.4, 0.5) is 0 Å².